The third kappa shape index (κ3) is 5.19. The zero-order chi connectivity index (χ0) is 19.5. The van der Waals surface area contributed by atoms with E-state index >= 15 is 0 Å². The molecule has 138 valence electrons. The van der Waals surface area contributed by atoms with E-state index in [4.69, 9.17) is 16.3 Å². The first-order valence-corrected chi connectivity index (χ1v) is 7.72. The van der Waals surface area contributed by atoms with Crippen LogP contribution in [0.5, 0.6) is 0 Å². The zero-order valence-corrected chi connectivity index (χ0v) is 14.5. The fourth-order valence-corrected chi connectivity index (χ4v) is 2.37. The molecule has 0 aliphatic rings. The van der Waals surface area contributed by atoms with Crippen molar-refractivity contribution in [3.05, 3.63) is 57.7 Å². The predicted octanol–water partition coefficient (Wildman–Crippen LogP) is 4.17. The second-order valence-corrected chi connectivity index (χ2v) is 5.96. The number of aromatic nitrogens is 1. The van der Waals surface area contributed by atoms with Gasteiger partial charge in [0.25, 0.3) is 5.91 Å². The molecule has 2 rings (SSSR count). The molecule has 0 radical (unpaired) electrons. The molecule has 1 amide bonds. The number of rotatable bonds is 4. The Morgan fingerprint density at radius 3 is 2.31 bits per heavy atom. The summed E-state index contributed by atoms with van der Waals surface area (Å²) in [7, 11) is 0. The standard InChI is InChI=1S/C17H14ClF3N2O3/c1-9-3-10(2)5-11(4-9)16(25)26-8-14(24)23-15-13(18)6-12(7-22-15)17(19,20)21/h3-7H,8H2,1-2H3,(H,22,23,24). The fraction of sp³-hybridized carbons (Fsp3) is 0.235. The third-order valence-electron chi connectivity index (χ3n) is 3.22. The highest BCUT2D eigenvalue weighted by Crippen LogP contribution is 2.32. The molecule has 0 aliphatic heterocycles. The quantitative estimate of drug-likeness (QED) is 0.801. The van der Waals surface area contributed by atoms with Crippen LogP contribution in [0.4, 0.5) is 19.0 Å². The van der Waals surface area contributed by atoms with Gasteiger partial charge in [-0.05, 0) is 32.0 Å². The van der Waals surface area contributed by atoms with Crippen molar-refractivity contribution in [2.75, 3.05) is 11.9 Å². The number of amides is 1. The van der Waals surface area contributed by atoms with Crippen LogP contribution in [0.1, 0.15) is 27.0 Å². The van der Waals surface area contributed by atoms with Crippen LogP contribution < -0.4 is 5.32 Å². The first-order valence-electron chi connectivity index (χ1n) is 7.34. The van der Waals surface area contributed by atoms with Crippen molar-refractivity contribution >= 4 is 29.3 Å². The minimum absolute atomic E-state index is 0.257. The van der Waals surface area contributed by atoms with E-state index in [0.29, 0.717) is 17.8 Å². The number of ether oxygens (including phenoxy) is 1. The number of anilines is 1. The Morgan fingerprint density at radius 1 is 1.15 bits per heavy atom. The molecule has 2 aromatic rings. The largest absolute Gasteiger partial charge is 0.452 e. The van der Waals surface area contributed by atoms with E-state index in [2.05, 4.69) is 10.3 Å². The average molecular weight is 387 g/mol. The smallest absolute Gasteiger partial charge is 0.417 e. The van der Waals surface area contributed by atoms with Crippen molar-refractivity contribution in [3.63, 3.8) is 0 Å². The van der Waals surface area contributed by atoms with Crippen LogP contribution in [0, 0.1) is 13.8 Å². The lowest BCUT2D eigenvalue weighted by molar-refractivity contribution is -0.137. The minimum Gasteiger partial charge on any atom is -0.452 e. The molecule has 0 saturated heterocycles. The molecule has 1 N–H and O–H groups in total. The van der Waals surface area contributed by atoms with Crippen LogP contribution in [0.25, 0.3) is 0 Å². The van der Waals surface area contributed by atoms with Gasteiger partial charge in [-0.25, -0.2) is 9.78 Å². The van der Waals surface area contributed by atoms with Crippen LogP contribution in [-0.2, 0) is 15.7 Å². The first kappa shape index (κ1) is 19.7. The topological polar surface area (TPSA) is 68.3 Å². The number of pyridine rings is 1. The lowest BCUT2D eigenvalue weighted by atomic mass is 10.1. The number of esters is 1. The van der Waals surface area contributed by atoms with Gasteiger partial charge >= 0.3 is 12.1 Å². The summed E-state index contributed by atoms with van der Waals surface area (Å²) in [5.41, 5.74) is 0.979. The number of carbonyl (C=O) groups excluding carboxylic acids is 2. The Kier molecular flexibility index (Phi) is 5.86. The van der Waals surface area contributed by atoms with Gasteiger partial charge in [0.2, 0.25) is 0 Å². The van der Waals surface area contributed by atoms with Crippen molar-refractivity contribution in [1.29, 1.82) is 0 Å². The van der Waals surface area contributed by atoms with E-state index in [9.17, 15) is 22.8 Å². The Bertz CT molecular complexity index is 833. The van der Waals surface area contributed by atoms with Gasteiger partial charge in [0, 0.05) is 6.20 Å². The van der Waals surface area contributed by atoms with Crippen molar-refractivity contribution in [1.82, 2.24) is 4.98 Å². The normalized spacial score (nSPS) is 11.2. The zero-order valence-electron chi connectivity index (χ0n) is 13.8. The highest BCUT2D eigenvalue weighted by Gasteiger charge is 2.31. The maximum absolute atomic E-state index is 12.5. The molecule has 0 fully saturated rings. The van der Waals surface area contributed by atoms with Crippen LogP contribution in [-0.4, -0.2) is 23.5 Å². The number of nitrogens with zero attached hydrogens (tertiary/aromatic N) is 1. The van der Waals surface area contributed by atoms with Crippen molar-refractivity contribution in [2.45, 2.75) is 20.0 Å². The van der Waals surface area contributed by atoms with Gasteiger partial charge in [-0.1, -0.05) is 28.8 Å². The minimum atomic E-state index is -4.60. The average Bonchev–Trinajstić information content (AvgIpc) is 2.52. The fourth-order valence-electron chi connectivity index (χ4n) is 2.16. The number of aryl methyl sites for hydroxylation is 2. The molecule has 9 heteroatoms. The molecular weight excluding hydrogens is 373 g/mol. The van der Waals surface area contributed by atoms with E-state index < -0.39 is 30.2 Å². The predicted molar refractivity (Wildman–Crippen MR) is 89.1 cm³/mol. The molecule has 0 bridgehead atoms. The maximum Gasteiger partial charge on any atom is 0.417 e. The number of halogens is 4. The van der Waals surface area contributed by atoms with Crippen LogP contribution in [0.2, 0.25) is 5.02 Å². The summed E-state index contributed by atoms with van der Waals surface area (Å²) in [6.07, 6.45) is -4.05. The van der Waals surface area contributed by atoms with E-state index in [0.717, 1.165) is 11.1 Å². The summed E-state index contributed by atoms with van der Waals surface area (Å²) in [4.78, 5) is 27.2. The van der Waals surface area contributed by atoms with Crippen LogP contribution in [0.15, 0.2) is 30.5 Å². The van der Waals surface area contributed by atoms with Crippen LogP contribution in [0.3, 0.4) is 0 Å². The Morgan fingerprint density at radius 2 is 1.77 bits per heavy atom. The summed E-state index contributed by atoms with van der Waals surface area (Å²) in [5, 5.41) is 1.81. The lowest BCUT2D eigenvalue weighted by Gasteiger charge is -2.10. The van der Waals surface area contributed by atoms with Crippen molar-refractivity contribution in [2.24, 2.45) is 0 Å². The van der Waals surface area contributed by atoms with E-state index in [1.165, 1.54) is 0 Å². The van der Waals surface area contributed by atoms with Crippen LogP contribution >= 0.6 is 11.6 Å². The van der Waals surface area contributed by atoms with Gasteiger partial charge in [-0.3, -0.25) is 4.79 Å². The third-order valence-corrected chi connectivity index (χ3v) is 3.51. The number of benzene rings is 1. The lowest BCUT2D eigenvalue weighted by Crippen LogP contribution is -2.22. The molecule has 1 heterocycles. The highest BCUT2D eigenvalue weighted by atomic mass is 35.5. The van der Waals surface area contributed by atoms with Gasteiger partial charge in [-0.2, -0.15) is 13.2 Å². The number of nitrogens with one attached hydrogen (secondary N) is 1. The van der Waals surface area contributed by atoms with E-state index in [1.54, 1.807) is 12.1 Å². The number of carbonyl (C=O) groups is 2. The molecule has 0 atom stereocenters. The molecule has 0 unspecified atom stereocenters. The summed E-state index contributed by atoms with van der Waals surface area (Å²) >= 11 is 5.69. The Balaban J connectivity index is 1.97. The summed E-state index contributed by atoms with van der Waals surface area (Å²) in [6.45, 7) is 2.99. The second-order valence-electron chi connectivity index (χ2n) is 5.55. The first-order chi connectivity index (χ1) is 12.1. The summed E-state index contributed by atoms with van der Waals surface area (Å²) < 4.78 is 42.5. The molecule has 0 saturated carbocycles. The number of hydrogen-bond acceptors (Lipinski definition) is 4. The van der Waals surface area contributed by atoms with Gasteiger partial charge in [0.1, 0.15) is 0 Å². The maximum atomic E-state index is 12.5. The second kappa shape index (κ2) is 7.74. The Hall–Kier alpha value is -2.61. The molecule has 1 aromatic carbocycles. The molecule has 26 heavy (non-hydrogen) atoms. The molecule has 0 spiro atoms. The molecule has 0 aliphatic carbocycles. The highest BCUT2D eigenvalue weighted by molar-refractivity contribution is 6.33. The van der Waals surface area contributed by atoms with Gasteiger partial charge in [-0.15, -0.1) is 0 Å². The molecular formula is C17H14ClF3N2O3. The number of hydrogen-bond donors (Lipinski definition) is 1. The Labute approximate surface area is 152 Å². The van der Waals surface area contributed by atoms with Gasteiger partial charge in [0.15, 0.2) is 12.4 Å². The van der Waals surface area contributed by atoms with Crippen molar-refractivity contribution < 1.29 is 27.5 Å². The van der Waals surface area contributed by atoms with E-state index in [-0.39, 0.29) is 10.8 Å². The van der Waals surface area contributed by atoms with Gasteiger partial charge in [0.05, 0.1) is 16.1 Å². The van der Waals surface area contributed by atoms with E-state index in [1.807, 2.05) is 19.9 Å². The SMILES string of the molecule is Cc1cc(C)cc(C(=O)OCC(=O)Nc2ncc(C(F)(F)F)cc2Cl)c1. The summed E-state index contributed by atoms with van der Waals surface area (Å²) in [5.74, 6) is -1.73. The molecule has 5 nitrogen and oxygen atoms in total. The van der Waals surface area contributed by atoms with Gasteiger partial charge < -0.3 is 10.1 Å². The monoisotopic (exact) mass is 386 g/mol. The summed E-state index contributed by atoms with van der Waals surface area (Å²) in [6, 6.07) is 5.75. The molecule has 1 aromatic heterocycles. The van der Waals surface area contributed by atoms with Crippen molar-refractivity contribution in [3.8, 4) is 0 Å². The number of alkyl halides is 3.